The molecule has 0 fully saturated rings. The summed E-state index contributed by atoms with van der Waals surface area (Å²) in [7, 11) is 1.59. The van der Waals surface area contributed by atoms with E-state index in [9.17, 15) is 14.9 Å². The molecule has 186 valence electrons. The summed E-state index contributed by atoms with van der Waals surface area (Å²) >= 11 is 13.3. The molecule has 2 N–H and O–H groups in total. The number of anilines is 1. The van der Waals surface area contributed by atoms with Gasteiger partial charge in [0.05, 0.1) is 35.5 Å². The highest BCUT2D eigenvalue weighted by molar-refractivity contribution is 8.03. The highest BCUT2D eigenvalue weighted by Crippen LogP contribution is 2.48. The molecule has 0 spiro atoms. The maximum absolute atomic E-state index is 13.3. The fraction of sp³-hybridized carbons (Fsp3) is 0.296. The first-order valence-electron chi connectivity index (χ1n) is 11.3. The van der Waals surface area contributed by atoms with Crippen LogP contribution in [0.4, 0.5) is 5.69 Å². The number of thioether (sulfide) groups is 1. The average Bonchev–Trinajstić information content (AvgIpc) is 2.80. The van der Waals surface area contributed by atoms with E-state index in [0.717, 1.165) is 11.3 Å². The number of ketones is 1. The molecule has 1 aliphatic carbocycles. The van der Waals surface area contributed by atoms with E-state index in [1.165, 1.54) is 11.8 Å². The number of dihydropyridines is 1. The maximum Gasteiger partial charge on any atom is 0.234 e. The van der Waals surface area contributed by atoms with Crippen LogP contribution in [-0.2, 0) is 9.59 Å². The minimum Gasteiger partial charge on any atom is -0.497 e. The molecule has 1 aliphatic heterocycles. The normalized spacial score (nSPS) is 18.8. The first kappa shape index (κ1) is 26.2. The Hall–Kier alpha value is -2.92. The van der Waals surface area contributed by atoms with Crippen molar-refractivity contribution >= 4 is 52.3 Å². The third-order valence-electron chi connectivity index (χ3n) is 6.07. The largest absolute Gasteiger partial charge is 0.497 e. The van der Waals surface area contributed by atoms with Crippen LogP contribution in [0.1, 0.15) is 38.2 Å². The molecular weight excluding hydrogens is 517 g/mol. The lowest BCUT2D eigenvalue weighted by molar-refractivity contribution is -0.118. The number of methoxy groups -OCH3 is 1. The van der Waals surface area contributed by atoms with Crippen LogP contribution in [0.2, 0.25) is 10.0 Å². The SMILES string of the molecule is COc1ccc([C@H]2C(C#N)=C(SCC(=O)Nc3cc(Cl)cc(Cl)c3)NC3=C2C(=O)CC(C)(C)C3)cc1. The Morgan fingerprint density at radius 3 is 2.47 bits per heavy atom. The van der Waals surface area contributed by atoms with E-state index in [1.807, 2.05) is 24.3 Å². The second-order valence-electron chi connectivity index (χ2n) is 9.51. The molecule has 2 aromatic rings. The molecule has 0 radical (unpaired) electrons. The van der Waals surface area contributed by atoms with Gasteiger partial charge in [-0.2, -0.15) is 5.26 Å². The minimum absolute atomic E-state index is 0.0296. The number of nitrogens with zero attached hydrogens (tertiary/aromatic N) is 1. The second-order valence-corrected chi connectivity index (χ2v) is 11.4. The summed E-state index contributed by atoms with van der Waals surface area (Å²) in [5, 5.41) is 17.7. The van der Waals surface area contributed by atoms with Gasteiger partial charge in [-0.05, 0) is 47.7 Å². The van der Waals surface area contributed by atoms with Crippen molar-refractivity contribution < 1.29 is 14.3 Å². The van der Waals surface area contributed by atoms with Gasteiger partial charge in [-0.25, -0.2) is 0 Å². The monoisotopic (exact) mass is 541 g/mol. The van der Waals surface area contributed by atoms with Crippen LogP contribution >= 0.6 is 35.0 Å². The van der Waals surface area contributed by atoms with Gasteiger partial charge in [-0.3, -0.25) is 9.59 Å². The fourth-order valence-corrected chi connectivity index (χ4v) is 5.97. The van der Waals surface area contributed by atoms with Crippen LogP contribution < -0.4 is 15.4 Å². The number of benzene rings is 2. The van der Waals surface area contributed by atoms with E-state index in [0.29, 0.717) is 50.5 Å². The molecule has 9 heteroatoms. The summed E-state index contributed by atoms with van der Waals surface area (Å²) in [6.07, 6.45) is 1.07. The number of halogens is 2. The average molecular weight is 542 g/mol. The molecule has 2 aliphatic rings. The van der Waals surface area contributed by atoms with Crippen molar-refractivity contribution in [1.82, 2.24) is 5.32 Å². The molecule has 1 amide bonds. The van der Waals surface area contributed by atoms with Crippen molar-refractivity contribution in [2.24, 2.45) is 5.41 Å². The number of rotatable bonds is 6. The Morgan fingerprint density at radius 1 is 1.19 bits per heavy atom. The Balaban J connectivity index is 1.65. The van der Waals surface area contributed by atoms with Crippen LogP contribution in [0.15, 0.2) is 64.3 Å². The quantitative estimate of drug-likeness (QED) is 0.437. The second kappa shape index (κ2) is 10.6. The zero-order valence-corrected chi connectivity index (χ0v) is 22.4. The molecule has 0 saturated heterocycles. The molecular formula is C27H25Cl2N3O3S. The van der Waals surface area contributed by atoms with E-state index >= 15 is 0 Å². The van der Waals surface area contributed by atoms with Gasteiger partial charge in [-0.1, -0.05) is 60.9 Å². The summed E-state index contributed by atoms with van der Waals surface area (Å²) in [4.78, 5) is 26.0. The number of nitriles is 1. The van der Waals surface area contributed by atoms with Gasteiger partial charge in [0.15, 0.2) is 5.78 Å². The summed E-state index contributed by atoms with van der Waals surface area (Å²) < 4.78 is 5.28. The van der Waals surface area contributed by atoms with Crippen LogP contribution in [0, 0.1) is 16.7 Å². The third-order valence-corrected chi connectivity index (χ3v) is 7.52. The predicted molar refractivity (Wildman–Crippen MR) is 144 cm³/mol. The number of carbonyl (C=O) groups is 2. The van der Waals surface area contributed by atoms with E-state index in [1.54, 1.807) is 25.3 Å². The number of Topliss-reactive ketones (excluding diaryl/α,β-unsaturated/α-hetero) is 1. The summed E-state index contributed by atoms with van der Waals surface area (Å²) in [5.74, 6) is -0.0222. The smallest absolute Gasteiger partial charge is 0.234 e. The molecule has 0 unspecified atom stereocenters. The van der Waals surface area contributed by atoms with E-state index < -0.39 is 5.92 Å². The van der Waals surface area contributed by atoms with Crippen LogP contribution in [0.5, 0.6) is 5.75 Å². The highest BCUT2D eigenvalue weighted by Gasteiger charge is 2.42. The minimum atomic E-state index is -0.516. The zero-order chi connectivity index (χ0) is 26.0. The Bertz CT molecular complexity index is 1310. The number of carbonyl (C=O) groups excluding carboxylic acids is 2. The van der Waals surface area contributed by atoms with Crippen molar-refractivity contribution in [1.29, 1.82) is 5.26 Å². The topological polar surface area (TPSA) is 91.2 Å². The van der Waals surface area contributed by atoms with Crippen molar-refractivity contribution in [3.05, 3.63) is 79.9 Å². The molecule has 4 rings (SSSR count). The van der Waals surface area contributed by atoms with Gasteiger partial charge in [0.1, 0.15) is 5.75 Å². The number of hydrogen-bond acceptors (Lipinski definition) is 6. The Morgan fingerprint density at radius 2 is 1.86 bits per heavy atom. The molecule has 1 heterocycles. The molecule has 6 nitrogen and oxygen atoms in total. The van der Waals surface area contributed by atoms with Gasteiger partial charge in [0.25, 0.3) is 0 Å². The maximum atomic E-state index is 13.3. The standard InChI is InChI=1S/C27H25Cl2N3O3S/c1-27(2)11-21-25(22(33)12-27)24(15-4-6-19(35-3)7-5-15)20(13-30)26(32-21)36-14-23(34)31-18-9-16(28)8-17(29)10-18/h4-10,24,32H,11-12,14H2,1-3H3,(H,31,34)/t24-/m0/s1. The predicted octanol–water partition coefficient (Wildman–Crippen LogP) is 6.44. The number of amides is 1. The fourth-order valence-electron chi connectivity index (χ4n) is 4.58. The first-order chi connectivity index (χ1) is 17.1. The first-order valence-corrected chi connectivity index (χ1v) is 13.0. The van der Waals surface area contributed by atoms with Gasteiger partial charge in [0, 0.05) is 33.4 Å². The van der Waals surface area contributed by atoms with E-state index in [2.05, 4.69) is 30.6 Å². The summed E-state index contributed by atoms with van der Waals surface area (Å²) in [6.45, 7) is 4.11. The van der Waals surface area contributed by atoms with Gasteiger partial charge >= 0.3 is 0 Å². The van der Waals surface area contributed by atoms with Crippen molar-refractivity contribution in [2.45, 2.75) is 32.6 Å². The third kappa shape index (κ3) is 5.73. The number of hydrogen-bond donors (Lipinski definition) is 2. The van der Waals surface area contributed by atoms with Crippen LogP contribution in [0.3, 0.4) is 0 Å². The molecule has 0 aromatic heterocycles. The van der Waals surface area contributed by atoms with Crippen LogP contribution in [0.25, 0.3) is 0 Å². The Kier molecular flexibility index (Phi) is 7.70. The molecule has 0 saturated carbocycles. The number of ether oxygens (including phenoxy) is 1. The lowest BCUT2D eigenvalue weighted by atomic mass is 9.69. The van der Waals surface area contributed by atoms with Gasteiger partial charge in [-0.15, -0.1) is 0 Å². The highest BCUT2D eigenvalue weighted by atomic mass is 35.5. The summed E-state index contributed by atoms with van der Waals surface area (Å²) in [5.41, 5.74) is 2.95. The lowest BCUT2D eigenvalue weighted by Crippen LogP contribution is -2.37. The molecule has 2 aromatic carbocycles. The zero-order valence-electron chi connectivity index (χ0n) is 20.1. The van der Waals surface area contributed by atoms with Crippen molar-refractivity contribution in [3.8, 4) is 11.8 Å². The van der Waals surface area contributed by atoms with Gasteiger partial charge in [0.2, 0.25) is 5.91 Å². The van der Waals surface area contributed by atoms with Crippen molar-refractivity contribution in [3.63, 3.8) is 0 Å². The molecule has 36 heavy (non-hydrogen) atoms. The van der Waals surface area contributed by atoms with Crippen LogP contribution in [-0.4, -0.2) is 24.6 Å². The van der Waals surface area contributed by atoms with E-state index in [-0.39, 0.29) is 22.9 Å². The van der Waals surface area contributed by atoms with E-state index in [4.69, 9.17) is 27.9 Å². The van der Waals surface area contributed by atoms with Gasteiger partial charge < -0.3 is 15.4 Å². The summed E-state index contributed by atoms with van der Waals surface area (Å²) in [6, 6.07) is 14.5. The number of nitrogens with one attached hydrogen (secondary N) is 2. The lowest BCUT2D eigenvalue weighted by Gasteiger charge is -2.39. The Labute approximate surface area is 224 Å². The van der Waals surface area contributed by atoms with Crippen molar-refractivity contribution in [2.75, 3.05) is 18.2 Å². The number of allylic oxidation sites excluding steroid dienone is 3. The molecule has 1 atom stereocenters. The molecule has 0 bridgehead atoms.